The first-order valence-electron chi connectivity index (χ1n) is 11.2. The van der Waals surface area contributed by atoms with Gasteiger partial charge in [-0.25, -0.2) is 9.50 Å². The molecule has 4 heterocycles. The lowest BCUT2D eigenvalue weighted by Gasteiger charge is -2.10. The first-order chi connectivity index (χ1) is 17.2. The van der Waals surface area contributed by atoms with Crippen LogP contribution in [0, 0.1) is 6.92 Å². The van der Waals surface area contributed by atoms with Crippen molar-refractivity contribution < 1.29 is 18.0 Å². The second kappa shape index (κ2) is 9.23. The Morgan fingerprint density at radius 1 is 1.14 bits per heavy atom. The molecule has 4 aromatic heterocycles. The van der Waals surface area contributed by atoms with Gasteiger partial charge in [-0.05, 0) is 37.1 Å². The maximum Gasteiger partial charge on any atom is 0.433 e. The highest BCUT2D eigenvalue weighted by atomic mass is 32.1. The molecule has 0 bridgehead atoms. The predicted molar refractivity (Wildman–Crippen MR) is 131 cm³/mol. The van der Waals surface area contributed by atoms with Gasteiger partial charge in [0.15, 0.2) is 17.0 Å². The summed E-state index contributed by atoms with van der Waals surface area (Å²) in [6.45, 7) is 4.48. The van der Waals surface area contributed by atoms with Crippen molar-refractivity contribution in [3.8, 4) is 10.6 Å². The van der Waals surface area contributed by atoms with E-state index in [0.29, 0.717) is 21.6 Å². The van der Waals surface area contributed by atoms with Gasteiger partial charge in [0.05, 0.1) is 29.0 Å². The summed E-state index contributed by atoms with van der Waals surface area (Å²) in [4.78, 5) is 18.8. The second-order valence-corrected chi connectivity index (χ2v) is 9.48. The Morgan fingerprint density at radius 3 is 2.69 bits per heavy atom. The number of halogens is 3. The molecule has 0 radical (unpaired) electrons. The molecule has 0 saturated heterocycles. The van der Waals surface area contributed by atoms with Crippen molar-refractivity contribution in [3.05, 3.63) is 88.3 Å². The molecule has 0 unspecified atom stereocenters. The second-order valence-electron chi connectivity index (χ2n) is 8.31. The first-order valence-corrected chi connectivity index (χ1v) is 12.0. The van der Waals surface area contributed by atoms with Crippen LogP contribution in [0.2, 0.25) is 0 Å². The quantitative estimate of drug-likeness (QED) is 0.311. The van der Waals surface area contributed by atoms with Gasteiger partial charge in [-0.3, -0.25) is 9.48 Å². The van der Waals surface area contributed by atoms with Crippen LogP contribution >= 0.6 is 11.3 Å². The zero-order chi connectivity index (χ0) is 25.4. The van der Waals surface area contributed by atoms with E-state index in [1.807, 2.05) is 44.2 Å². The Morgan fingerprint density at radius 2 is 1.97 bits per heavy atom. The molecule has 5 rings (SSSR count). The number of thiophene rings is 1. The van der Waals surface area contributed by atoms with Crippen LogP contribution in [0.4, 0.5) is 18.9 Å². The Kier molecular flexibility index (Phi) is 6.09. The van der Waals surface area contributed by atoms with Crippen LogP contribution in [0.15, 0.2) is 60.9 Å². The number of aryl methyl sites for hydroxylation is 2. The van der Waals surface area contributed by atoms with Gasteiger partial charge in [-0.1, -0.05) is 36.8 Å². The van der Waals surface area contributed by atoms with Crippen molar-refractivity contribution in [3.63, 3.8) is 0 Å². The summed E-state index contributed by atoms with van der Waals surface area (Å²) in [5.74, 6) is -0.658. The largest absolute Gasteiger partial charge is 0.433 e. The molecular weight excluding hydrogens is 489 g/mol. The van der Waals surface area contributed by atoms with Gasteiger partial charge in [-0.15, -0.1) is 11.3 Å². The van der Waals surface area contributed by atoms with Crippen molar-refractivity contribution in [2.45, 2.75) is 33.0 Å². The highest BCUT2D eigenvalue weighted by Gasteiger charge is 2.36. The Labute approximate surface area is 208 Å². The fraction of sp³-hybridized carbons (Fsp3) is 0.200. The summed E-state index contributed by atoms with van der Waals surface area (Å²) in [5.41, 5.74) is 1.51. The summed E-state index contributed by atoms with van der Waals surface area (Å²) >= 11 is 1.38. The monoisotopic (exact) mass is 510 g/mol. The average molecular weight is 511 g/mol. The number of carbonyl (C=O) groups excluding carboxylic acids is 1. The van der Waals surface area contributed by atoms with Crippen molar-refractivity contribution in [2.24, 2.45) is 0 Å². The van der Waals surface area contributed by atoms with Gasteiger partial charge in [0, 0.05) is 17.1 Å². The summed E-state index contributed by atoms with van der Waals surface area (Å²) in [7, 11) is 0. The van der Waals surface area contributed by atoms with Gasteiger partial charge < -0.3 is 5.32 Å². The summed E-state index contributed by atoms with van der Waals surface area (Å²) < 4.78 is 43.9. The highest BCUT2D eigenvalue weighted by Crippen LogP contribution is 2.34. The molecule has 11 heteroatoms. The molecule has 1 amide bonds. The van der Waals surface area contributed by atoms with Crippen molar-refractivity contribution in [2.75, 3.05) is 5.32 Å². The Hall–Kier alpha value is -3.99. The van der Waals surface area contributed by atoms with E-state index < -0.39 is 17.8 Å². The van der Waals surface area contributed by atoms with E-state index in [2.05, 4.69) is 20.5 Å². The van der Waals surface area contributed by atoms with E-state index in [4.69, 9.17) is 0 Å². The summed E-state index contributed by atoms with van der Waals surface area (Å²) in [5, 5.41) is 10.8. The van der Waals surface area contributed by atoms with Crippen LogP contribution in [-0.4, -0.2) is 30.3 Å². The Bertz CT molecular complexity index is 1570. The SMILES string of the molecule is CCc1ccc(-c2cc(C(F)(F)F)n3nc(C(=O)Nc4cnn(Cc5cccc(C)c5)c4)cc3n2)s1. The molecule has 7 nitrogen and oxygen atoms in total. The molecule has 1 aromatic carbocycles. The number of aromatic nitrogens is 5. The third-order valence-electron chi connectivity index (χ3n) is 5.53. The van der Waals surface area contributed by atoms with Gasteiger partial charge in [0.1, 0.15) is 0 Å². The molecule has 36 heavy (non-hydrogen) atoms. The maximum atomic E-state index is 13.9. The van der Waals surface area contributed by atoms with E-state index in [1.54, 1.807) is 16.9 Å². The van der Waals surface area contributed by atoms with E-state index in [1.165, 1.54) is 23.6 Å². The number of hydrogen-bond donors (Lipinski definition) is 1. The van der Waals surface area contributed by atoms with Crippen LogP contribution in [0.3, 0.4) is 0 Å². The molecule has 1 N–H and O–H groups in total. The summed E-state index contributed by atoms with van der Waals surface area (Å²) in [6, 6.07) is 13.8. The van der Waals surface area contributed by atoms with Crippen molar-refractivity contribution >= 4 is 28.6 Å². The van der Waals surface area contributed by atoms with E-state index in [0.717, 1.165) is 28.5 Å². The maximum absolute atomic E-state index is 13.9. The molecule has 0 fully saturated rings. The van der Waals surface area contributed by atoms with Gasteiger partial charge >= 0.3 is 6.18 Å². The minimum absolute atomic E-state index is 0.0634. The number of nitrogens with one attached hydrogen (secondary N) is 1. The Balaban J connectivity index is 1.42. The number of hydrogen-bond acceptors (Lipinski definition) is 5. The highest BCUT2D eigenvalue weighted by molar-refractivity contribution is 7.15. The van der Waals surface area contributed by atoms with Crippen LogP contribution < -0.4 is 5.32 Å². The van der Waals surface area contributed by atoms with Crippen LogP contribution in [0.1, 0.15) is 39.1 Å². The zero-order valence-corrected chi connectivity index (χ0v) is 20.2. The minimum atomic E-state index is -4.68. The third-order valence-corrected chi connectivity index (χ3v) is 6.78. The van der Waals surface area contributed by atoms with E-state index >= 15 is 0 Å². The number of carbonyl (C=O) groups is 1. The lowest BCUT2D eigenvalue weighted by Crippen LogP contribution is -2.15. The van der Waals surface area contributed by atoms with Gasteiger partial charge in [0.25, 0.3) is 5.91 Å². The van der Waals surface area contributed by atoms with Crippen LogP contribution in [0.25, 0.3) is 16.2 Å². The fourth-order valence-corrected chi connectivity index (χ4v) is 4.73. The van der Waals surface area contributed by atoms with Crippen LogP contribution in [0.5, 0.6) is 0 Å². The number of fused-ring (bicyclic) bond motifs is 1. The topological polar surface area (TPSA) is 77.1 Å². The standard InChI is InChI=1S/C25H21F3N6OS/c1-3-18-7-8-21(36-18)19-10-22(25(26,27)28)34-23(31-19)11-20(32-34)24(35)30-17-12-29-33(14-17)13-16-6-4-5-15(2)9-16/h4-12,14H,3,13H2,1-2H3,(H,30,35). The smallest absolute Gasteiger partial charge is 0.318 e. The minimum Gasteiger partial charge on any atom is -0.318 e. The third kappa shape index (κ3) is 4.87. The molecular formula is C25H21F3N6OS. The average Bonchev–Trinajstić information content (AvgIpc) is 3.57. The van der Waals surface area contributed by atoms with Crippen LogP contribution in [-0.2, 0) is 19.1 Å². The number of nitrogens with zero attached hydrogens (tertiary/aromatic N) is 5. The molecule has 0 saturated carbocycles. The molecule has 0 aliphatic carbocycles. The van der Waals surface area contributed by atoms with Crippen molar-refractivity contribution in [1.82, 2.24) is 24.4 Å². The summed E-state index contributed by atoms with van der Waals surface area (Å²) in [6.07, 6.45) is -0.784. The molecule has 5 aromatic rings. The number of benzene rings is 1. The zero-order valence-electron chi connectivity index (χ0n) is 19.4. The van der Waals surface area contributed by atoms with Crippen molar-refractivity contribution in [1.29, 1.82) is 0 Å². The fourth-order valence-electron chi connectivity index (χ4n) is 3.83. The van der Waals surface area contributed by atoms with E-state index in [9.17, 15) is 18.0 Å². The molecule has 184 valence electrons. The first kappa shape index (κ1) is 23.7. The number of anilines is 1. The number of amides is 1. The molecule has 0 atom stereocenters. The normalized spacial score (nSPS) is 11.8. The lowest BCUT2D eigenvalue weighted by molar-refractivity contribution is -0.142. The van der Waals surface area contributed by atoms with E-state index in [-0.39, 0.29) is 17.0 Å². The predicted octanol–water partition coefficient (Wildman–Crippen LogP) is 5.84. The number of rotatable bonds is 6. The number of alkyl halides is 3. The van der Waals surface area contributed by atoms with Gasteiger partial charge in [0.2, 0.25) is 0 Å². The lowest BCUT2D eigenvalue weighted by atomic mass is 10.1. The molecule has 0 spiro atoms. The molecule has 0 aliphatic heterocycles. The molecule has 0 aliphatic rings. The van der Waals surface area contributed by atoms with Gasteiger partial charge in [-0.2, -0.15) is 23.4 Å².